The second kappa shape index (κ2) is 7.98. The molecule has 0 atom stereocenters. The van der Waals surface area contributed by atoms with Crippen LogP contribution in [0.4, 0.5) is 5.69 Å². The molecule has 1 amide bonds. The maximum Gasteiger partial charge on any atom is 0.357 e. The molecule has 1 aromatic carbocycles. The quantitative estimate of drug-likeness (QED) is 0.783. The molecule has 0 saturated carbocycles. The molecule has 2 heterocycles. The van der Waals surface area contributed by atoms with E-state index in [4.69, 9.17) is 16.3 Å². The summed E-state index contributed by atoms with van der Waals surface area (Å²) < 4.78 is 5.04. The normalized spacial score (nSPS) is 14.3. The highest BCUT2D eigenvalue weighted by Gasteiger charge is 2.22. The van der Waals surface area contributed by atoms with Crippen LogP contribution < -0.4 is 4.90 Å². The summed E-state index contributed by atoms with van der Waals surface area (Å²) in [6.45, 7) is 2.40. The minimum atomic E-state index is -0.654. The van der Waals surface area contributed by atoms with Gasteiger partial charge in [0.15, 0.2) is 6.61 Å². The molecule has 1 aliphatic heterocycles. The number of aromatic nitrogens is 1. The maximum atomic E-state index is 12.2. The van der Waals surface area contributed by atoms with Gasteiger partial charge >= 0.3 is 5.97 Å². The van der Waals surface area contributed by atoms with Crippen molar-refractivity contribution in [1.82, 2.24) is 9.88 Å². The van der Waals surface area contributed by atoms with E-state index in [1.165, 1.54) is 12.3 Å². The molecule has 1 aromatic heterocycles. The first-order valence-corrected chi connectivity index (χ1v) is 8.38. The van der Waals surface area contributed by atoms with Gasteiger partial charge in [0.05, 0.1) is 0 Å². The second-order valence-corrected chi connectivity index (χ2v) is 6.08. The van der Waals surface area contributed by atoms with Crippen molar-refractivity contribution < 1.29 is 14.3 Å². The van der Waals surface area contributed by atoms with E-state index in [1.807, 2.05) is 18.2 Å². The van der Waals surface area contributed by atoms with Crippen LogP contribution in [0, 0.1) is 0 Å². The van der Waals surface area contributed by atoms with E-state index in [0.29, 0.717) is 18.1 Å². The molecule has 0 radical (unpaired) electrons. The highest BCUT2D eigenvalue weighted by Crippen LogP contribution is 2.15. The smallest absolute Gasteiger partial charge is 0.357 e. The van der Waals surface area contributed by atoms with Crippen LogP contribution in [-0.2, 0) is 9.53 Å². The first-order valence-electron chi connectivity index (χ1n) is 8.00. The number of nitrogens with zero attached hydrogens (tertiary/aromatic N) is 3. The lowest BCUT2D eigenvalue weighted by Crippen LogP contribution is -2.49. The average Bonchev–Trinajstić information content (AvgIpc) is 2.66. The van der Waals surface area contributed by atoms with Gasteiger partial charge in [-0.2, -0.15) is 0 Å². The van der Waals surface area contributed by atoms with E-state index >= 15 is 0 Å². The molecule has 0 bridgehead atoms. The van der Waals surface area contributed by atoms with Gasteiger partial charge in [0.25, 0.3) is 5.91 Å². The Morgan fingerprint density at radius 3 is 2.48 bits per heavy atom. The third-order valence-corrected chi connectivity index (χ3v) is 4.25. The van der Waals surface area contributed by atoms with Crippen molar-refractivity contribution in [3.8, 4) is 0 Å². The first kappa shape index (κ1) is 17.2. The third kappa shape index (κ3) is 4.48. The van der Waals surface area contributed by atoms with Crippen LogP contribution in [0.3, 0.4) is 0 Å². The lowest BCUT2D eigenvalue weighted by Gasteiger charge is -2.36. The minimum Gasteiger partial charge on any atom is -0.451 e. The van der Waals surface area contributed by atoms with Gasteiger partial charge in [-0.05, 0) is 24.3 Å². The molecule has 0 unspecified atom stereocenters. The van der Waals surface area contributed by atoms with E-state index < -0.39 is 5.97 Å². The number of halogens is 1. The van der Waals surface area contributed by atoms with Crippen molar-refractivity contribution in [3.63, 3.8) is 0 Å². The molecule has 2 aromatic rings. The summed E-state index contributed by atoms with van der Waals surface area (Å²) in [6, 6.07) is 13.1. The van der Waals surface area contributed by atoms with Crippen LogP contribution in [0.5, 0.6) is 0 Å². The van der Waals surface area contributed by atoms with Gasteiger partial charge in [0.1, 0.15) is 5.69 Å². The monoisotopic (exact) mass is 359 g/mol. The fraction of sp³-hybridized carbons (Fsp3) is 0.278. The van der Waals surface area contributed by atoms with Crippen molar-refractivity contribution in [2.75, 3.05) is 37.7 Å². The molecule has 130 valence electrons. The number of hydrogen-bond acceptors (Lipinski definition) is 5. The predicted molar refractivity (Wildman–Crippen MR) is 94.8 cm³/mol. The lowest BCUT2D eigenvalue weighted by molar-refractivity contribution is -0.134. The number of para-hydroxylation sites is 1. The number of piperazine rings is 1. The predicted octanol–water partition coefficient (Wildman–Crippen LogP) is 2.24. The van der Waals surface area contributed by atoms with Crippen LogP contribution in [-0.4, -0.2) is 54.5 Å². The molecule has 6 nitrogen and oxygen atoms in total. The lowest BCUT2D eigenvalue weighted by atomic mass is 10.2. The van der Waals surface area contributed by atoms with Crippen molar-refractivity contribution in [2.45, 2.75) is 0 Å². The molecule has 0 aliphatic carbocycles. The molecule has 1 aliphatic rings. The van der Waals surface area contributed by atoms with Crippen molar-refractivity contribution in [3.05, 3.63) is 59.4 Å². The van der Waals surface area contributed by atoms with E-state index in [1.54, 1.807) is 11.0 Å². The van der Waals surface area contributed by atoms with Crippen LogP contribution >= 0.6 is 11.6 Å². The Morgan fingerprint density at radius 2 is 1.80 bits per heavy atom. The second-order valence-electron chi connectivity index (χ2n) is 5.64. The summed E-state index contributed by atoms with van der Waals surface area (Å²) in [5.41, 5.74) is 1.24. The van der Waals surface area contributed by atoms with Crippen LogP contribution in [0.1, 0.15) is 10.5 Å². The number of ether oxygens (including phenoxy) is 1. The Bertz CT molecular complexity index is 746. The van der Waals surface area contributed by atoms with Crippen molar-refractivity contribution >= 4 is 29.2 Å². The Labute approximate surface area is 151 Å². The van der Waals surface area contributed by atoms with Gasteiger partial charge in [-0.3, -0.25) is 4.79 Å². The van der Waals surface area contributed by atoms with Crippen molar-refractivity contribution in [2.24, 2.45) is 0 Å². The minimum absolute atomic E-state index is 0.0918. The summed E-state index contributed by atoms with van der Waals surface area (Å²) in [5.74, 6) is -0.859. The summed E-state index contributed by atoms with van der Waals surface area (Å²) >= 11 is 5.81. The number of rotatable bonds is 4. The van der Waals surface area contributed by atoms with Gasteiger partial charge in [0, 0.05) is 43.1 Å². The summed E-state index contributed by atoms with van der Waals surface area (Å²) in [7, 11) is 0. The molecule has 7 heteroatoms. The largest absolute Gasteiger partial charge is 0.451 e. The number of carbonyl (C=O) groups is 2. The maximum absolute atomic E-state index is 12.2. The standard InChI is InChI=1S/C18H18ClN3O3/c19-14-6-7-20-16(12-14)18(24)25-13-17(23)22-10-8-21(9-11-22)15-4-2-1-3-5-15/h1-7,12H,8-11,13H2. The summed E-state index contributed by atoms with van der Waals surface area (Å²) in [4.78, 5) is 31.9. The van der Waals surface area contributed by atoms with Gasteiger partial charge in [0.2, 0.25) is 0 Å². The fourth-order valence-electron chi connectivity index (χ4n) is 2.66. The van der Waals surface area contributed by atoms with E-state index in [2.05, 4.69) is 22.0 Å². The highest BCUT2D eigenvalue weighted by molar-refractivity contribution is 6.30. The number of hydrogen-bond donors (Lipinski definition) is 0. The van der Waals surface area contributed by atoms with E-state index in [9.17, 15) is 9.59 Å². The van der Waals surface area contributed by atoms with Crippen molar-refractivity contribution in [1.29, 1.82) is 0 Å². The summed E-state index contributed by atoms with van der Waals surface area (Å²) in [5, 5.41) is 0.394. The zero-order valence-electron chi connectivity index (χ0n) is 13.6. The van der Waals surface area contributed by atoms with Gasteiger partial charge in [-0.25, -0.2) is 9.78 Å². The molecule has 25 heavy (non-hydrogen) atoms. The number of esters is 1. The highest BCUT2D eigenvalue weighted by atomic mass is 35.5. The molecule has 0 N–H and O–H groups in total. The van der Waals surface area contributed by atoms with Gasteiger partial charge in [-0.1, -0.05) is 29.8 Å². The van der Waals surface area contributed by atoms with Crippen LogP contribution in [0.25, 0.3) is 0 Å². The molecular weight excluding hydrogens is 342 g/mol. The van der Waals surface area contributed by atoms with Crippen LogP contribution in [0.2, 0.25) is 5.02 Å². The topological polar surface area (TPSA) is 62.7 Å². The number of anilines is 1. The number of carbonyl (C=O) groups excluding carboxylic acids is 2. The van der Waals surface area contributed by atoms with E-state index in [0.717, 1.165) is 18.8 Å². The zero-order chi connectivity index (χ0) is 17.6. The number of pyridine rings is 1. The van der Waals surface area contributed by atoms with E-state index in [-0.39, 0.29) is 18.2 Å². The fourth-order valence-corrected chi connectivity index (χ4v) is 2.82. The molecule has 1 saturated heterocycles. The summed E-state index contributed by atoms with van der Waals surface area (Å²) in [6.07, 6.45) is 1.42. The molecule has 1 fully saturated rings. The molecular formula is C18H18ClN3O3. The third-order valence-electron chi connectivity index (χ3n) is 4.01. The van der Waals surface area contributed by atoms with Gasteiger partial charge < -0.3 is 14.5 Å². The average molecular weight is 360 g/mol. The Kier molecular flexibility index (Phi) is 5.50. The Morgan fingerprint density at radius 1 is 1.08 bits per heavy atom. The Balaban J connectivity index is 1.47. The molecule has 3 rings (SSSR count). The molecule has 0 spiro atoms. The number of benzene rings is 1. The number of amides is 1. The van der Waals surface area contributed by atoms with Gasteiger partial charge in [-0.15, -0.1) is 0 Å². The first-order chi connectivity index (χ1) is 12.1. The SMILES string of the molecule is O=C(OCC(=O)N1CCN(c2ccccc2)CC1)c1cc(Cl)ccn1. The zero-order valence-corrected chi connectivity index (χ0v) is 14.4. The van der Waals surface area contributed by atoms with Crippen LogP contribution in [0.15, 0.2) is 48.7 Å². The Hall–Kier alpha value is -2.60.